The molecular formula is C20H23FN2O4S. The first-order chi connectivity index (χ1) is 13.4. The molecule has 0 bridgehead atoms. The Balaban J connectivity index is 1.59. The third-order valence-corrected chi connectivity index (χ3v) is 6.86. The van der Waals surface area contributed by atoms with E-state index in [1.54, 1.807) is 36.4 Å². The van der Waals surface area contributed by atoms with Gasteiger partial charge in [0.25, 0.3) is 0 Å². The molecule has 1 N–H and O–H groups in total. The maximum atomic E-state index is 13.7. The van der Waals surface area contributed by atoms with Gasteiger partial charge in [0, 0.05) is 31.1 Å². The van der Waals surface area contributed by atoms with Crippen molar-refractivity contribution in [1.29, 1.82) is 0 Å². The van der Waals surface area contributed by atoms with Gasteiger partial charge in [-0.05, 0) is 31.0 Å². The minimum absolute atomic E-state index is 0.116. The summed E-state index contributed by atoms with van der Waals surface area (Å²) in [6.07, 6.45) is 0.828. The van der Waals surface area contributed by atoms with Crippen molar-refractivity contribution >= 4 is 15.9 Å². The first kappa shape index (κ1) is 20.3. The number of halogens is 1. The Morgan fingerprint density at radius 2 is 1.79 bits per heavy atom. The zero-order chi connectivity index (χ0) is 20.1. The second-order valence-electron chi connectivity index (χ2n) is 6.64. The van der Waals surface area contributed by atoms with Crippen molar-refractivity contribution < 1.29 is 22.3 Å². The van der Waals surface area contributed by atoms with Crippen molar-refractivity contribution in [1.82, 2.24) is 9.62 Å². The van der Waals surface area contributed by atoms with E-state index in [1.165, 1.54) is 23.5 Å². The molecule has 1 saturated heterocycles. The van der Waals surface area contributed by atoms with Crippen LogP contribution in [0.5, 0.6) is 5.75 Å². The van der Waals surface area contributed by atoms with E-state index in [0.717, 1.165) is 0 Å². The molecule has 150 valence electrons. The predicted octanol–water partition coefficient (Wildman–Crippen LogP) is 2.55. The number of ether oxygens (including phenoxy) is 1. The quantitative estimate of drug-likeness (QED) is 0.800. The van der Waals surface area contributed by atoms with E-state index in [1.807, 2.05) is 0 Å². The van der Waals surface area contributed by atoms with Gasteiger partial charge < -0.3 is 10.1 Å². The summed E-state index contributed by atoms with van der Waals surface area (Å²) < 4.78 is 46.0. The van der Waals surface area contributed by atoms with Crippen LogP contribution in [0.3, 0.4) is 0 Å². The summed E-state index contributed by atoms with van der Waals surface area (Å²) in [5, 5.41) is 2.75. The van der Waals surface area contributed by atoms with Crippen molar-refractivity contribution in [2.45, 2.75) is 24.3 Å². The zero-order valence-corrected chi connectivity index (χ0v) is 16.4. The number of carbonyl (C=O) groups is 1. The average molecular weight is 406 g/mol. The fourth-order valence-corrected chi connectivity index (χ4v) is 4.92. The molecule has 0 aliphatic carbocycles. The van der Waals surface area contributed by atoms with Crippen LogP contribution in [0.1, 0.15) is 18.4 Å². The smallest absolute Gasteiger partial charge is 0.246 e. The van der Waals surface area contributed by atoms with Gasteiger partial charge >= 0.3 is 0 Å². The third-order valence-electron chi connectivity index (χ3n) is 4.92. The molecule has 0 unspecified atom stereocenters. The molecule has 2 aromatic rings. The molecule has 0 spiro atoms. The third kappa shape index (κ3) is 4.34. The van der Waals surface area contributed by atoms with Gasteiger partial charge in [0.1, 0.15) is 16.5 Å². The van der Waals surface area contributed by atoms with Crippen LogP contribution in [0.25, 0.3) is 0 Å². The van der Waals surface area contributed by atoms with E-state index in [0.29, 0.717) is 24.2 Å². The molecule has 1 aliphatic heterocycles. The number of nitrogens with one attached hydrogen (secondary N) is 1. The number of carbonyl (C=O) groups excluding carboxylic acids is 1. The Morgan fingerprint density at radius 1 is 1.14 bits per heavy atom. The normalized spacial score (nSPS) is 15.9. The highest BCUT2D eigenvalue weighted by molar-refractivity contribution is 7.89. The molecule has 1 aliphatic rings. The standard InChI is InChI=1S/C20H23FN2O4S/c1-27-18-8-4-5-9-19(18)28(25,26)23-12-10-15(11-13-23)20(24)22-14-16-6-2-3-7-17(16)21/h2-9,15H,10-14H2,1H3,(H,22,24). The van der Waals surface area contributed by atoms with Crippen molar-refractivity contribution in [2.24, 2.45) is 5.92 Å². The molecule has 28 heavy (non-hydrogen) atoms. The summed E-state index contributed by atoms with van der Waals surface area (Å²) in [4.78, 5) is 12.5. The average Bonchev–Trinajstić information content (AvgIpc) is 2.73. The number of nitrogens with zero attached hydrogens (tertiary/aromatic N) is 1. The van der Waals surface area contributed by atoms with Gasteiger partial charge in [-0.3, -0.25) is 4.79 Å². The van der Waals surface area contributed by atoms with Gasteiger partial charge in [0.15, 0.2) is 0 Å². The van der Waals surface area contributed by atoms with Gasteiger partial charge in [-0.1, -0.05) is 30.3 Å². The SMILES string of the molecule is COc1ccccc1S(=O)(=O)N1CCC(C(=O)NCc2ccccc2F)CC1. The van der Waals surface area contributed by atoms with Crippen molar-refractivity contribution in [2.75, 3.05) is 20.2 Å². The molecule has 6 nitrogen and oxygen atoms in total. The van der Waals surface area contributed by atoms with Crippen molar-refractivity contribution in [3.8, 4) is 5.75 Å². The molecule has 0 atom stereocenters. The topological polar surface area (TPSA) is 75.7 Å². The molecule has 3 rings (SSSR count). The number of methoxy groups -OCH3 is 1. The molecule has 1 amide bonds. The van der Waals surface area contributed by atoms with Crippen LogP contribution in [0, 0.1) is 11.7 Å². The van der Waals surface area contributed by atoms with Gasteiger partial charge in [-0.25, -0.2) is 12.8 Å². The molecule has 1 heterocycles. The summed E-state index contributed by atoms with van der Waals surface area (Å²) in [6, 6.07) is 12.8. The lowest BCUT2D eigenvalue weighted by Crippen LogP contribution is -2.43. The largest absolute Gasteiger partial charge is 0.495 e. The van der Waals surface area contributed by atoms with Gasteiger partial charge in [-0.2, -0.15) is 4.31 Å². The number of hydrogen-bond donors (Lipinski definition) is 1. The van der Waals surface area contributed by atoms with E-state index in [2.05, 4.69) is 5.32 Å². The second-order valence-corrected chi connectivity index (χ2v) is 8.54. The lowest BCUT2D eigenvalue weighted by molar-refractivity contribution is -0.126. The monoisotopic (exact) mass is 406 g/mol. The van der Waals surface area contributed by atoms with Crippen LogP contribution in [-0.2, 0) is 21.4 Å². The minimum Gasteiger partial charge on any atom is -0.495 e. The van der Waals surface area contributed by atoms with E-state index in [-0.39, 0.29) is 42.2 Å². The Kier molecular flexibility index (Phi) is 6.31. The number of rotatable bonds is 6. The molecule has 0 aromatic heterocycles. The lowest BCUT2D eigenvalue weighted by atomic mass is 9.97. The molecular weight excluding hydrogens is 383 g/mol. The number of para-hydroxylation sites is 1. The maximum Gasteiger partial charge on any atom is 0.246 e. The summed E-state index contributed by atoms with van der Waals surface area (Å²) in [7, 11) is -2.26. The van der Waals surface area contributed by atoms with Crippen LogP contribution in [-0.4, -0.2) is 38.8 Å². The fraction of sp³-hybridized carbons (Fsp3) is 0.350. The van der Waals surface area contributed by atoms with Crippen LogP contribution >= 0.6 is 0 Å². The molecule has 8 heteroatoms. The number of benzene rings is 2. The lowest BCUT2D eigenvalue weighted by Gasteiger charge is -2.30. The van der Waals surface area contributed by atoms with E-state index in [4.69, 9.17) is 4.74 Å². The highest BCUT2D eigenvalue weighted by atomic mass is 32.2. The summed E-state index contributed by atoms with van der Waals surface area (Å²) >= 11 is 0. The number of piperidine rings is 1. The summed E-state index contributed by atoms with van der Waals surface area (Å²) in [5.74, 6) is -0.540. The fourth-order valence-electron chi connectivity index (χ4n) is 3.30. The number of amides is 1. The molecule has 2 aromatic carbocycles. The second kappa shape index (κ2) is 8.70. The van der Waals surface area contributed by atoms with Crippen LogP contribution < -0.4 is 10.1 Å². The van der Waals surface area contributed by atoms with Crippen molar-refractivity contribution in [3.05, 3.63) is 59.9 Å². The number of sulfonamides is 1. The zero-order valence-electron chi connectivity index (χ0n) is 15.6. The Bertz CT molecular complexity index is 941. The first-order valence-corrected chi connectivity index (χ1v) is 10.5. The van der Waals surface area contributed by atoms with Crippen LogP contribution in [0.2, 0.25) is 0 Å². The van der Waals surface area contributed by atoms with Gasteiger partial charge in [0.05, 0.1) is 7.11 Å². The highest BCUT2D eigenvalue weighted by Crippen LogP contribution is 2.29. The maximum absolute atomic E-state index is 13.7. The van der Waals surface area contributed by atoms with Gasteiger partial charge in [-0.15, -0.1) is 0 Å². The Hall–Kier alpha value is -2.45. The van der Waals surface area contributed by atoms with E-state index < -0.39 is 10.0 Å². The van der Waals surface area contributed by atoms with Crippen LogP contribution in [0.4, 0.5) is 4.39 Å². The van der Waals surface area contributed by atoms with Crippen LogP contribution in [0.15, 0.2) is 53.4 Å². The Morgan fingerprint density at radius 3 is 2.46 bits per heavy atom. The summed E-state index contributed by atoms with van der Waals surface area (Å²) in [6.45, 7) is 0.613. The van der Waals surface area contributed by atoms with Crippen molar-refractivity contribution in [3.63, 3.8) is 0 Å². The summed E-state index contributed by atoms with van der Waals surface area (Å²) in [5.41, 5.74) is 0.423. The van der Waals surface area contributed by atoms with Gasteiger partial charge in [0.2, 0.25) is 15.9 Å². The highest BCUT2D eigenvalue weighted by Gasteiger charge is 2.33. The molecule has 1 fully saturated rings. The molecule has 0 radical (unpaired) electrons. The minimum atomic E-state index is -3.69. The predicted molar refractivity (Wildman–Crippen MR) is 103 cm³/mol. The first-order valence-electron chi connectivity index (χ1n) is 9.07. The van der Waals surface area contributed by atoms with E-state index in [9.17, 15) is 17.6 Å². The molecule has 0 saturated carbocycles. The Labute approximate surface area is 164 Å². The van der Waals surface area contributed by atoms with E-state index >= 15 is 0 Å². The number of hydrogen-bond acceptors (Lipinski definition) is 4.